The first-order valence-corrected chi connectivity index (χ1v) is 5.20. The topological polar surface area (TPSA) is 53.8 Å². The Balaban J connectivity index is 2.64. The Morgan fingerprint density at radius 2 is 2.27 bits per heavy atom. The van der Waals surface area contributed by atoms with Crippen LogP contribution in [-0.4, -0.2) is 15.9 Å². The van der Waals surface area contributed by atoms with Crippen LogP contribution in [0.5, 0.6) is 0 Å². The van der Waals surface area contributed by atoms with Crippen molar-refractivity contribution in [2.75, 3.05) is 5.75 Å². The van der Waals surface area contributed by atoms with Crippen LogP contribution < -0.4 is 0 Å². The SMILES string of the molecule is CC(=O)SCC#Cc1cccc(C#N)n1. The Bertz CT molecular complexity index is 465. The summed E-state index contributed by atoms with van der Waals surface area (Å²) in [5.74, 6) is 6.05. The number of nitriles is 1. The Morgan fingerprint density at radius 1 is 1.53 bits per heavy atom. The second-order valence-electron chi connectivity index (χ2n) is 2.60. The molecule has 0 unspecified atom stereocenters. The van der Waals surface area contributed by atoms with Gasteiger partial charge in [0.05, 0.1) is 5.75 Å². The standard InChI is InChI=1S/C11H8N2OS/c1-9(14)15-7-3-6-10-4-2-5-11(8-12)13-10/h2,4-5H,7H2,1H3. The van der Waals surface area contributed by atoms with Crippen LogP contribution in [0.4, 0.5) is 0 Å². The fraction of sp³-hybridized carbons (Fsp3) is 0.182. The highest BCUT2D eigenvalue weighted by molar-refractivity contribution is 8.13. The molecular weight excluding hydrogens is 208 g/mol. The molecular formula is C11H8N2OS. The maximum absolute atomic E-state index is 10.6. The predicted molar refractivity (Wildman–Crippen MR) is 59.0 cm³/mol. The lowest BCUT2D eigenvalue weighted by molar-refractivity contribution is -0.109. The number of thioether (sulfide) groups is 1. The third-order valence-corrected chi connectivity index (χ3v) is 2.12. The third-order valence-electron chi connectivity index (χ3n) is 1.43. The van der Waals surface area contributed by atoms with Crippen molar-refractivity contribution in [3.8, 4) is 17.9 Å². The van der Waals surface area contributed by atoms with Crippen molar-refractivity contribution >= 4 is 16.9 Å². The van der Waals surface area contributed by atoms with Crippen LogP contribution in [0.15, 0.2) is 18.2 Å². The molecule has 0 aliphatic rings. The summed E-state index contributed by atoms with van der Waals surface area (Å²) >= 11 is 1.16. The molecule has 0 spiro atoms. The minimum absolute atomic E-state index is 0.0445. The van der Waals surface area contributed by atoms with E-state index in [9.17, 15) is 4.79 Å². The van der Waals surface area contributed by atoms with Crippen LogP contribution in [0, 0.1) is 23.2 Å². The van der Waals surface area contributed by atoms with Crippen molar-refractivity contribution in [1.29, 1.82) is 5.26 Å². The highest BCUT2D eigenvalue weighted by Crippen LogP contribution is 1.99. The molecule has 0 radical (unpaired) electrons. The first kappa shape index (κ1) is 11.3. The molecule has 15 heavy (non-hydrogen) atoms. The molecule has 0 amide bonds. The van der Waals surface area contributed by atoms with E-state index in [-0.39, 0.29) is 5.12 Å². The van der Waals surface area contributed by atoms with Crippen LogP contribution in [0.1, 0.15) is 18.3 Å². The monoisotopic (exact) mass is 216 g/mol. The van der Waals surface area contributed by atoms with Crippen LogP contribution in [-0.2, 0) is 4.79 Å². The fourth-order valence-corrected chi connectivity index (χ4v) is 1.18. The van der Waals surface area contributed by atoms with E-state index in [0.717, 1.165) is 11.8 Å². The van der Waals surface area contributed by atoms with E-state index in [1.165, 1.54) is 6.92 Å². The summed E-state index contributed by atoms with van der Waals surface area (Å²) in [5.41, 5.74) is 0.902. The average Bonchev–Trinajstić information content (AvgIpc) is 2.24. The van der Waals surface area contributed by atoms with Gasteiger partial charge in [-0.1, -0.05) is 23.7 Å². The van der Waals surface area contributed by atoms with E-state index in [2.05, 4.69) is 16.8 Å². The maximum atomic E-state index is 10.6. The van der Waals surface area contributed by atoms with Crippen LogP contribution >= 0.6 is 11.8 Å². The molecule has 74 valence electrons. The van der Waals surface area contributed by atoms with E-state index in [1.54, 1.807) is 18.2 Å². The van der Waals surface area contributed by atoms with Gasteiger partial charge in [-0.2, -0.15) is 5.26 Å². The number of aromatic nitrogens is 1. The molecule has 0 bridgehead atoms. The number of hydrogen-bond acceptors (Lipinski definition) is 4. The van der Waals surface area contributed by atoms with E-state index in [4.69, 9.17) is 5.26 Å². The van der Waals surface area contributed by atoms with Gasteiger partial charge >= 0.3 is 0 Å². The second-order valence-corrected chi connectivity index (χ2v) is 3.75. The Hall–Kier alpha value is -1.78. The van der Waals surface area contributed by atoms with E-state index in [0.29, 0.717) is 17.1 Å². The van der Waals surface area contributed by atoms with Crippen LogP contribution in [0.25, 0.3) is 0 Å². The summed E-state index contributed by atoms with van der Waals surface area (Å²) in [5, 5.41) is 8.64. The first-order valence-electron chi connectivity index (χ1n) is 4.22. The van der Waals surface area contributed by atoms with Crippen molar-refractivity contribution in [1.82, 2.24) is 4.98 Å². The molecule has 0 saturated heterocycles. The van der Waals surface area contributed by atoms with E-state index < -0.39 is 0 Å². The molecule has 1 heterocycles. The van der Waals surface area contributed by atoms with Gasteiger partial charge in [0.25, 0.3) is 0 Å². The summed E-state index contributed by atoms with van der Waals surface area (Å²) in [6.45, 7) is 1.50. The predicted octanol–water partition coefficient (Wildman–Crippen LogP) is 1.58. The summed E-state index contributed by atoms with van der Waals surface area (Å²) in [6, 6.07) is 7.02. The molecule has 4 heteroatoms. The Labute approximate surface area is 92.5 Å². The molecule has 3 nitrogen and oxygen atoms in total. The Kier molecular flexibility index (Phi) is 4.40. The zero-order valence-corrected chi connectivity index (χ0v) is 8.97. The lowest BCUT2D eigenvalue weighted by Gasteiger charge is -1.89. The lowest BCUT2D eigenvalue weighted by atomic mass is 10.3. The normalized spacial score (nSPS) is 8.53. The van der Waals surface area contributed by atoms with Gasteiger partial charge in [-0.25, -0.2) is 4.98 Å². The van der Waals surface area contributed by atoms with E-state index in [1.807, 2.05) is 6.07 Å². The maximum Gasteiger partial charge on any atom is 0.186 e. The molecule has 1 aromatic heterocycles. The molecule has 0 fully saturated rings. The minimum atomic E-state index is 0.0445. The highest BCUT2D eigenvalue weighted by atomic mass is 32.2. The van der Waals surface area contributed by atoms with Gasteiger partial charge in [0.15, 0.2) is 5.12 Å². The third kappa shape index (κ3) is 4.30. The zero-order valence-electron chi connectivity index (χ0n) is 8.15. The summed E-state index contributed by atoms with van der Waals surface area (Å²) in [6.07, 6.45) is 0. The molecule has 0 aromatic carbocycles. The largest absolute Gasteiger partial charge is 0.288 e. The quantitative estimate of drug-likeness (QED) is 0.669. The van der Waals surface area contributed by atoms with Crippen molar-refractivity contribution in [2.45, 2.75) is 6.92 Å². The molecule has 0 aliphatic carbocycles. The number of carbonyl (C=O) groups excluding carboxylic acids is 1. The molecule has 0 N–H and O–H groups in total. The molecule has 0 aliphatic heterocycles. The second kappa shape index (κ2) is 5.85. The number of hydrogen-bond donors (Lipinski definition) is 0. The van der Waals surface area contributed by atoms with Crippen LogP contribution in [0.3, 0.4) is 0 Å². The van der Waals surface area contributed by atoms with Gasteiger partial charge < -0.3 is 0 Å². The first-order chi connectivity index (χ1) is 7.22. The number of rotatable bonds is 1. The van der Waals surface area contributed by atoms with Crippen LogP contribution in [0.2, 0.25) is 0 Å². The molecule has 1 aromatic rings. The van der Waals surface area contributed by atoms with Gasteiger partial charge in [0.2, 0.25) is 0 Å². The number of nitrogens with zero attached hydrogens (tertiary/aromatic N) is 2. The lowest BCUT2D eigenvalue weighted by Crippen LogP contribution is -1.87. The Morgan fingerprint density at radius 3 is 2.93 bits per heavy atom. The number of pyridine rings is 1. The zero-order chi connectivity index (χ0) is 11.1. The summed E-state index contributed by atoms with van der Waals surface area (Å²) < 4.78 is 0. The van der Waals surface area contributed by atoms with E-state index >= 15 is 0 Å². The van der Waals surface area contributed by atoms with Crippen molar-refractivity contribution < 1.29 is 4.79 Å². The van der Waals surface area contributed by atoms with Crippen molar-refractivity contribution in [3.63, 3.8) is 0 Å². The molecule has 0 saturated carbocycles. The smallest absolute Gasteiger partial charge is 0.186 e. The summed E-state index contributed by atoms with van der Waals surface area (Å²) in [4.78, 5) is 14.6. The van der Waals surface area contributed by atoms with Gasteiger partial charge in [-0.3, -0.25) is 4.79 Å². The molecule has 1 rings (SSSR count). The van der Waals surface area contributed by atoms with Gasteiger partial charge in [-0.15, -0.1) is 0 Å². The number of carbonyl (C=O) groups is 1. The highest BCUT2D eigenvalue weighted by Gasteiger charge is 1.92. The minimum Gasteiger partial charge on any atom is -0.288 e. The van der Waals surface area contributed by atoms with Gasteiger partial charge in [-0.05, 0) is 18.1 Å². The van der Waals surface area contributed by atoms with Crippen molar-refractivity contribution in [2.24, 2.45) is 0 Å². The molecule has 0 atom stereocenters. The summed E-state index contributed by atoms with van der Waals surface area (Å²) in [7, 11) is 0. The van der Waals surface area contributed by atoms with Gasteiger partial charge in [0.1, 0.15) is 17.5 Å². The van der Waals surface area contributed by atoms with Crippen molar-refractivity contribution in [3.05, 3.63) is 29.6 Å². The fourth-order valence-electron chi connectivity index (χ4n) is 0.831. The van der Waals surface area contributed by atoms with Gasteiger partial charge in [0, 0.05) is 6.92 Å². The average molecular weight is 216 g/mol.